The maximum Gasteiger partial charge on any atom is 0.257 e. The maximum absolute atomic E-state index is 13.7. The van der Waals surface area contributed by atoms with Gasteiger partial charge in [-0.3, -0.25) is 14.6 Å². The lowest BCUT2D eigenvalue weighted by Gasteiger charge is -2.11. The number of carbonyl (C=O) groups is 2. The summed E-state index contributed by atoms with van der Waals surface area (Å²) < 4.78 is 13.7. The predicted molar refractivity (Wildman–Crippen MR) is 104 cm³/mol. The Balaban J connectivity index is 1.78. The Morgan fingerprint density at radius 3 is 2.78 bits per heavy atom. The Morgan fingerprint density at radius 2 is 2.00 bits per heavy atom. The van der Waals surface area contributed by atoms with Crippen LogP contribution in [0.3, 0.4) is 0 Å². The van der Waals surface area contributed by atoms with Crippen molar-refractivity contribution in [2.75, 3.05) is 5.32 Å². The zero-order valence-electron chi connectivity index (χ0n) is 14.8. The molecule has 0 saturated heterocycles. The first-order valence-electron chi connectivity index (χ1n) is 8.76. The molecular formula is C20H18FN3O2S. The van der Waals surface area contributed by atoms with Crippen LogP contribution in [0.4, 0.5) is 9.39 Å². The van der Waals surface area contributed by atoms with Crippen molar-refractivity contribution in [3.63, 3.8) is 0 Å². The zero-order chi connectivity index (χ0) is 19.1. The molecule has 0 aliphatic heterocycles. The van der Waals surface area contributed by atoms with Crippen molar-refractivity contribution >= 4 is 39.1 Å². The van der Waals surface area contributed by atoms with E-state index in [9.17, 15) is 14.0 Å². The van der Waals surface area contributed by atoms with Gasteiger partial charge in [-0.2, -0.15) is 0 Å². The molecule has 7 heteroatoms. The lowest BCUT2D eigenvalue weighted by Crippen LogP contribution is -2.19. The summed E-state index contributed by atoms with van der Waals surface area (Å²) in [6.45, 7) is 1.78. The zero-order valence-corrected chi connectivity index (χ0v) is 15.6. The molecule has 0 atom stereocenters. The first-order valence-corrected chi connectivity index (χ1v) is 9.58. The van der Waals surface area contributed by atoms with Gasteiger partial charge in [-0.05, 0) is 62.4 Å². The number of nitrogens with one attached hydrogen (secondary N) is 1. The van der Waals surface area contributed by atoms with E-state index in [-0.39, 0.29) is 0 Å². The Hall–Kier alpha value is -2.80. The van der Waals surface area contributed by atoms with Crippen molar-refractivity contribution < 1.29 is 14.0 Å². The predicted octanol–water partition coefficient (Wildman–Crippen LogP) is 3.97. The molecule has 0 radical (unpaired) electrons. The summed E-state index contributed by atoms with van der Waals surface area (Å²) in [5.74, 6) is -1.38. The highest BCUT2D eigenvalue weighted by atomic mass is 32.1. The molecule has 0 saturated carbocycles. The summed E-state index contributed by atoms with van der Waals surface area (Å²) in [5.41, 5.74) is 8.46. The van der Waals surface area contributed by atoms with Crippen LogP contribution in [-0.4, -0.2) is 16.8 Å². The average Bonchev–Trinajstić information content (AvgIpc) is 2.99. The molecule has 0 spiro atoms. The molecule has 4 rings (SSSR count). The lowest BCUT2D eigenvalue weighted by atomic mass is 9.95. The van der Waals surface area contributed by atoms with Crippen LogP contribution in [-0.2, 0) is 12.8 Å². The number of primary amides is 1. The number of pyridine rings is 1. The van der Waals surface area contributed by atoms with E-state index >= 15 is 0 Å². The van der Waals surface area contributed by atoms with E-state index in [1.54, 1.807) is 19.1 Å². The molecule has 5 nitrogen and oxygen atoms in total. The second kappa shape index (κ2) is 6.74. The highest BCUT2D eigenvalue weighted by Gasteiger charge is 2.25. The first kappa shape index (κ1) is 17.6. The van der Waals surface area contributed by atoms with Crippen LogP contribution < -0.4 is 11.1 Å². The molecular weight excluding hydrogens is 365 g/mol. The third-order valence-electron chi connectivity index (χ3n) is 4.79. The molecule has 1 aliphatic carbocycles. The molecule has 2 aromatic heterocycles. The highest BCUT2D eigenvalue weighted by molar-refractivity contribution is 7.17. The number of anilines is 1. The molecule has 1 aliphatic rings. The number of thiophene rings is 1. The lowest BCUT2D eigenvalue weighted by molar-refractivity contribution is 0.100. The Morgan fingerprint density at radius 1 is 1.22 bits per heavy atom. The summed E-state index contributed by atoms with van der Waals surface area (Å²) in [6, 6.07) is 5.78. The molecule has 3 aromatic rings. The van der Waals surface area contributed by atoms with Crippen molar-refractivity contribution in [3.05, 3.63) is 57.3 Å². The van der Waals surface area contributed by atoms with E-state index in [1.807, 2.05) is 0 Å². The van der Waals surface area contributed by atoms with E-state index < -0.39 is 17.6 Å². The summed E-state index contributed by atoms with van der Waals surface area (Å²) >= 11 is 1.40. The van der Waals surface area contributed by atoms with E-state index in [4.69, 9.17) is 5.73 Å². The van der Waals surface area contributed by atoms with Gasteiger partial charge in [-0.15, -0.1) is 11.3 Å². The smallest absolute Gasteiger partial charge is 0.257 e. The highest BCUT2D eigenvalue weighted by Crippen LogP contribution is 2.38. The fourth-order valence-electron chi connectivity index (χ4n) is 3.60. The topological polar surface area (TPSA) is 85.1 Å². The number of aromatic nitrogens is 1. The van der Waals surface area contributed by atoms with Crippen LogP contribution in [0.2, 0.25) is 0 Å². The number of hydrogen-bond acceptors (Lipinski definition) is 4. The van der Waals surface area contributed by atoms with Crippen molar-refractivity contribution in [2.24, 2.45) is 5.73 Å². The SMILES string of the molecule is Cc1cc(C(=O)Nc2sc3c(c2C(N)=O)CCCC3)c2cc(F)ccc2n1. The number of aryl methyl sites for hydroxylation is 2. The molecule has 0 unspecified atom stereocenters. The van der Waals surface area contributed by atoms with Gasteiger partial charge >= 0.3 is 0 Å². The van der Waals surface area contributed by atoms with Gasteiger partial charge in [0.05, 0.1) is 16.6 Å². The van der Waals surface area contributed by atoms with Crippen LogP contribution in [0.15, 0.2) is 24.3 Å². The van der Waals surface area contributed by atoms with E-state index in [2.05, 4.69) is 10.3 Å². The van der Waals surface area contributed by atoms with Gasteiger partial charge in [0.2, 0.25) is 0 Å². The van der Waals surface area contributed by atoms with Crippen LogP contribution >= 0.6 is 11.3 Å². The first-order chi connectivity index (χ1) is 12.9. The van der Waals surface area contributed by atoms with Crippen molar-refractivity contribution in [3.8, 4) is 0 Å². The number of hydrogen-bond donors (Lipinski definition) is 2. The second-order valence-electron chi connectivity index (χ2n) is 6.71. The fourth-order valence-corrected chi connectivity index (χ4v) is 4.89. The summed E-state index contributed by atoms with van der Waals surface area (Å²) in [6.07, 6.45) is 3.75. The van der Waals surface area contributed by atoms with Crippen molar-refractivity contribution in [1.29, 1.82) is 0 Å². The van der Waals surface area contributed by atoms with Crippen LogP contribution in [0.1, 0.15) is 49.7 Å². The van der Waals surface area contributed by atoms with E-state index in [0.717, 1.165) is 36.1 Å². The minimum Gasteiger partial charge on any atom is -0.365 e. The Labute approximate surface area is 159 Å². The number of carbonyl (C=O) groups excluding carboxylic acids is 2. The molecule has 0 fully saturated rings. The minimum atomic E-state index is -0.536. The van der Waals surface area contributed by atoms with Crippen LogP contribution in [0.5, 0.6) is 0 Å². The largest absolute Gasteiger partial charge is 0.365 e. The quantitative estimate of drug-likeness (QED) is 0.717. The molecule has 2 heterocycles. The molecule has 1 aromatic carbocycles. The Bertz CT molecular complexity index is 1090. The third kappa shape index (κ3) is 3.19. The number of nitrogens with zero attached hydrogens (tertiary/aromatic N) is 1. The number of benzene rings is 1. The van der Waals surface area contributed by atoms with E-state index in [1.165, 1.54) is 23.5 Å². The van der Waals surface area contributed by atoms with Gasteiger partial charge in [0.1, 0.15) is 10.8 Å². The number of amides is 2. The standard InChI is InChI=1S/C20H18FN3O2S/c1-10-8-14(13-9-11(21)6-7-15(13)23-10)19(26)24-20-17(18(22)25)12-4-2-3-5-16(12)27-20/h6-9H,2-5H2,1H3,(H2,22,25)(H,24,26). The average molecular weight is 383 g/mol. The van der Waals surface area contributed by atoms with E-state index in [0.29, 0.717) is 32.7 Å². The summed E-state index contributed by atoms with van der Waals surface area (Å²) in [4.78, 5) is 30.4. The molecule has 3 N–H and O–H groups in total. The Kier molecular flexibility index (Phi) is 4.39. The fraction of sp³-hybridized carbons (Fsp3) is 0.250. The molecule has 138 valence electrons. The number of nitrogens with two attached hydrogens (primary N) is 1. The number of fused-ring (bicyclic) bond motifs is 2. The van der Waals surface area contributed by atoms with Crippen molar-refractivity contribution in [2.45, 2.75) is 32.6 Å². The summed E-state index contributed by atoms with van der Waals surface area (Å²) in [5, 5.41) is 3.73. The molecule has 2 amide bonds. The molecule has 0 bridgehead atoms. The van der Waals surface area contributed by atoms with Gasteiger partial charge in [0, 0.05) is 16.0 Å². The van der Waals surface area contributed by atoms with Gasteiger partial charge in [-0.1, -0.05) is 0 Å². The van der Waals surface area contributed by atoms with Gasteiger partial charge < -0.3 is 11.1 Å². The summed E-state index contributed by atoms with van der Waals surface area (Å²) in [7, 11) is 0. The molecule has 27 heavy (non-hydrogen) atoms. The number of rotatable bonds is 3. The number of halogens is 1. The van der Waals surface area contributed by atoms with Gasteiger partial charge in [0.15, 0.2) is 0 Å². The monoisotopic (exact) mass is 383 g/mol. The van der Waals surface area contributed by atoms with Crippen LogP contribution in [0.25, 0.3) is 10.9 Å². The minimum absolute atomic E-state index is 0.318. The van der Waals surface area contributed by atoms with Gasteiger partial charge in [0.25, 0.3) is 11.8 Å². The van der Waals surface area contributed by atoms with Gasteiger partial charge in [-0.25, -0.2) is 4.39 Å². The van der Waals surface area contributed by atoms with Crippen LogP contribution in [0, 0.1) is 12.7 Å². The maximum atomic E-state index is 13.7. The second-order valence-corrected chi connectivity index (χ2v) is 7.81. The van der Waals surface area contributed by atoms with Crippen molar-refractivity contribution in [1.82, 2.24) is 4.98 Å². The third-order valence-corrected chi connectivity index (χ3v) is 6.00. The normalized spacial score (nSPS) is 13.4.